The largest absolute Gasteiger partial charge is 0.345 e. The van der Waals surface area contributed by atoms with Gasteiger partial charge in [0.25, 0.3) is 5.91 Å². The molecule has 1 atom stereocenters. The summed E-state index contributed by atoms with van der Waals surface area (Å²) in [5.41, 5.74) is 2.75. The van der Waals surface area contributed by atoms with Gasteiger partial charge in [0.2, 0.25) is 5.91 Å². The van der Waals surface area contributed by atoms with Gasteiger partial charge >= 0.3 is 0 Å². The summed E-state index contributed by atoms with van der Waals surface area (Å²) < 4.78 is 13.3. The number of benzene rings is 2. The lowest BCUT2D eigenvalue weighted by Crippen LogP contribution is -2.40. The first-order valence-corrected chi connectivity index (χ1v) is 11.0. The lowest BCUT2D eigenvalue weighted by Gasteiger charge is -2.33. The summed E-state index contributed by atoms with van der Waals surface area (Å²) in [7, 11) is 0. The summed E-state index contributed by atoms with van der Waals surface area (Å²) in [6.07, 6.45) is 6.39. The Morgan fingerprint density at radius 3 is 2.88 bits per heavy atom. The van der Waals surface area contributed by atoms with Crippen molar-refractivity contribution in [3.63, 3.8) is 0 Å². The Morgan fingerprint density at radius 2 is 2.09 bits per heavy atom. The van der Waals surface area contributed by atoms with Gasteiger partial charge in [-0.1, -0.05) is 18.2 Å². The first-order valence-electron chi connectivity index (χ1n) is 11.0. The molecule has 0 unspecified atom stereocenters. The molecule has 2 heterocycles. The summed E-state index contributed by atoms with van der Waals surface area (Å²) >= 11 is 0. The second-order valence-corrected chi connectivity index (χ2v) is 8.29. The molecule has 1 aromatic heterocycles. The molecule has 1 aliphatic rings. The van der Waals surface area contributed by atoms with Crippen LogP contribution in [0.5, 0.6) is 0 Å². The predicted molar refractivity (Wildman–Crippen MR) is 122 cm³/mol. The highest BCUT2D eigenvalue weighted by molar-refractivity contribution is 6.00. The van der Waals surface area contributed by atoms with E-state index >= 15 is 0 Å². The van der Waals surface area contributed by atoms with Crippen molar-refractivity contribution in [3.8, 4) is 11.4 Å². The third-order valence-electron chi connectivity index (χ3n) is 5.96. The molecule has 6 nitrogen and oxygen atoms in total. The molecule has 32 heavy (non-hydrogen) atoms. The van der Waals surface area contributed by atoms with Crippen LogP contribution in [0.2, 0.25) is 0 Å². The van der Waals surface area contributed by atoms with Crippen LogP contribution in [-0.2, 0) is 4.79 Å². The number of piperidine rings is 1. The van der Waals surface area contributed by atoms with E-state index in [0.717, 1.165) is 18.4 Å². The summed E-state index contributed by atoms with van der Waals surface area (Å²) in [5.74, 6) is 0.527. The molecule has 2 N–H and O–H groups in total. The molecule has 0 saturated carbocycles. The maximum absolute atomic E-state index is 13.3. The molecule has 0 radical (unpaired) electrons. The van der Waals surface area contributed by atoms with Crippen LogP contribution in [-0.4, -0.2) is 39.8 Å². The number of imidazole rings is 1. The minimum Gasteiger partial charge on any atom is -0.345 e. The van der Waals surface area contributed by atoms with Gasteiger partial charge in [-0.3, -0.25) is 9.59 Å². The lowest BCUT2D eigenvalue weighted by molar-refractivity contribution is -0.116. The number of amides is 2. The van der Waals surface area contributed by atoms with Crippen LogP contribution in [0.3, 0.4) is 0 Å². The van der Waals surface area contributed by atoms with Crippen LogP contribution in [0.4, 0.5) is 10.1 Å². The van der Waals surface area contributed by atoms with Gasteiger partial charge in [-0.15, -0.1) is 0 Å². The quantitative estimate of drug-likeness (QED) is 0.585. The van der Waals surface area contributed by atoms with E-state index in [1.807, 2.05) is 29.2 Å². The Labute approximate surface area is 186 Å². The van der Waals surface area contributed by atoms with Crippen molar-refractivity contribution in [2.75, 3.05) is 18.4 Å². The fourth-order valence-electron chi connectivity index (χ4n) is 4.26. The van der Waals surface area contributed by atoms with Gasteiger partial charge in [0.1, 0.15) is 11.6 Å². The number of rotatable bonds is 6. The van der Waals surface area contributed by atoms with Crippen molar-refractivity contribution in [1.29, 1.82) is 0 Å². The zero-order valence-electron chi connectivity index (χ0n) is 18.1. The molecular weight excluding hydrogens is 407 g/mol. The first-order chi connectivity index (χ1) is 15.5. The van der Waals surface area contributed by atoms with Crippen molar-refractivity contribution in [3.05, 3.63) is 71.8 Å². The van der Waals surface area contributed by atoms with E-state index < -0.39 is 0 Å². The van der Waals surface area contributed by atoms with Gasteiger partial charge < -0.3 is 15.2 Å². The van der Waals surface area contributed by atoms with Crippen molar-refractivity contribution in [2.24, 2.45) is 5.92 Å². The standard InChI is InChI=1S/C25H27FN4O2/c1-17-15-19(26)9-10-22(17)29-23(31)11-8-18-5-4-14-30(16-18)25(32)21-7-3-2-6-20(21)24-27-12-13-28-24/h2-3,6-7,9-10,12-13,15,18H,4-5,8,11,14,16H2,1H3,(H,27,28)(H,29,31)/t18-/m1/s1. The second kappa shape index (κ2) is 9.77. The number of hydrogen-bond acceptors (Lipinski definition) is 3. The van der Waals surface area contributed by atoms with Crippen LogP contribution in [0, 0.1) is 18.7 Å². The number of nitrogens with one attached hydrogen (secondary N) is 2. The average Bonchev–Trinajstić information content (AvgIpc) is 3.34. The van der Waals surface area contributed by atoms with Crippen LogP contribution < -0.4 is 5.32 Å². The van der Waals surface area contributed by atoms with Crippen LogP contribution in [0.1, 0.15) is 41.6 Å². The number of anilines is 1. The van der Waals surface area contributed by atoms with E-state index in [1.54, 1.807) is 25.4 Å². The normalized spacial score (nSPS) is 16.1. The highest BCUT2D eigenvalue weighted by Gasteiger charge is 2.26. The molecule has 2 aromatic carbocycles. The van der Waals surface area contributed by atoms with E-state index in [4.69, 9.17) is 0 Å². The zero-order valence-corrected chi connectivity index (χ0v) is 18.1. The highest BCUT2D eigenvalue weighted by atomic mass is 19.1. The molecule has 1 aliphatic heterocycles. The lowest BCUT2D eigenvalue weighted by atomic mass is 9.92. The first kappa shape index (κ1) is 21.7. The summed E-state index contributed by atoms with van der Waals surface area (Å²) in [4.78, 5) is 34.9. The van der Waals surface area contributed by atoms with Gasteiger partial charge in [0.15, 0.2) is 0 Å². The van der Waals surface area contributed by atoms with Gasteiger partial charge in [0.05, 0.1) is 5.56 Å². The molecule has 2 amide bonds. The number of nitrogens with zero attached hydrogens (tertiary/aromatic N) is 2. The number of aromatic nitrogens is 2. The Bertz CT molecular complexity index is 1100. The van der Waals surface area contributed by atoms with Crippen molar-refractivity contribution >= 4 is 17.5 Å². The van der Waals surface area contributed by atoms with Crippen LogP contribution >= 0.6 is 0 Å². The van der Waals surface area contributed by atoms with E-state index in [-0.39, 0.29) is 23.5 Å². The monoisotopic (exact) mass is 434 g/mol. The smallest absolute Gasteiger partial charge is 0.254 e. The minimum atomic E-state index is -0.318. The van der Waals surface area contributed by atoms with E-state index in [1.165, 1.54) is 12.1 Å². The number of aryl methyl sites for hydroxylation is 1. The number of H-pyrrole nitrogens is 1. The van der Waals surface area contributed by atoms with Gasteiger partial charge in [-0.25, -0.2) is 9.37 Å². The third-order valence-corrected chi connectivity index (χ3v) is 5.96. The highest BCUT2D eigenvalue weighted by Crippen LogP contribution is 2.26. The molecular formula is C25H27FN4O2. The third kappa shape index (κ3) is 5.04. The SMILES string of the molecule is Cc1cc(F)ccc1NC(=O)CC[C@H]1CCCN(C(=O)c2ccccc2-c2ncc[nH]2)C1. The molecule has 0 bridgehead atoms. The van der Waals surface area contributed by atoms with Crippen LogP contribution in [0.15, 0.2) is 54.9 Å². The number of carbonyl (C=O) groups excluding carboxylic acids is 2. The van der Waals surface area contributed by atoms with Crippen LogP contribution in [0.25, 0.3) is 11.4 Å². The predicted octanol–water partition coefficient (Wildman–Crippen LogP) is 4.80. The maximum atomic E-state index is 13.3. The molecule has 0 aliphatic carbocycles. The fraction of sp³-hybridized carbons (Fsp3) is 0.320. The van der Waals surface area contributed by atoms with Gasteiger partial charge in [-0.05, 0) is 61.9 Å². The Kier molecular flexibility index (Phi) is 6.63. The fourth-order valence-corrected chi connectivity index (χ4v) is 4.26. The molecule has 1 saturated heterocycles. The van der Waals surface area contributed by atoms with E-state index in [0.29, 0.717) is 48.6 Å². The van der Waals surface area contributed by atoms with E-state index in [2.05, 4.69) is 15.3 Å². The Morgan fingerprint density at radius 1 is 1.25 bits per heavy atom. The number of aromatic amines is 1. The second-order valence-electron chi connectivity index (χ2n) is 8.29. The number of hydrogen-bond donors (Lipinski definition) is 2. The summed E-state index contributed by atoms with van der Waals surface area (Å²) in [5, 5.41) is 2.86. The van der Waals surface area contributed by atoms with Crippen molar-refractivity contribution < 1.29 is 14.0 Å². The number of halogens is 1. The minimum absolute atomic E-state index is 0.00640. The van der Waals surface area contributed by atoms with Gasteiger partial charge in [0, 0.05) is 43.2 Å². The summed E-state index contributed by atoms with van der Waals surface area (Å²) in [6, 6.07) is 11.8. The average molecular weight is 435 g/mol. The van der Waals surface area contributed by atoms with Crippen molar-refractivity contribution in [2.45, 2.75) is 32.6 Å². The Hall–Kier alpha value is -3.48. The number of likely N-dealkylation sites (tertiary alicyclic amines) is 1. The molecule has 3 aromatic rings. The molecule has 4 rings (SSSR count). The zero-order chi connectivity index (χ0) is 22.5. The molecule has 1 fully saturated rings. The maximum Gasteiger partial charge on any atom is 0.254 e. The Balaban J connectivity index is 1.36. The molecule has 166 valence electrons. The van der Waals surface area contributed by atoms with Crippen molar-refractivity contribution in [1.82, 2.24) is 14.9 Å². The summed E-state index contributed by atoms with van der Waals surface area (Å²) in [6.45, 7) is 3.11. The molecule has 0 spiro atoms. The van der Waals surface area contributed by atoms with Gasteiger partial charge in [-0.2, -0.15) is 0 Å². The molecule has 7 heteroatoms. The topological polar surface area (TPSA) is 78.1 Å². The number of carbonyl (C=O) groups is 2. The van der Waals surface area contributed by atoms with E-state index in [9.17, 15) is 14.0 Å².